The maximum absolute atomic E-state index is 6.31. The number of benzene rings is 2. The number of para-hydroxylation sites is 1. The van der Waals surface area contributed by atoms with Gasteiger partial charge < -0.3 is 4.74 Å². The van der Waals surface area contributed by atoms with Gasteiger partial charge in [0.1, 0.15) is 5.75 Å². The molecule has 0 aliphatic carbocycles. The van der Waals surface area contributed by atoms with Crippen LogP contribution in [0, 0.1) is 0 Å². The molecule has 3 heteroatoms. The van der Waals surface area contributed by atoms with Gasteiger partial charge in [-0.25, -0.2) is 4.98 Å². The van der Waals surface area contributed by atoms with Gasteiger partial charge in [-0.2, -0.15) is 0 Å². The summed E-state index contributed by atoms with van der Waals surface area (Å²) in [6, 6.07) is 17.5. The van der Waals surface area contributed by atoms with Crippen LogP contribution in [0.15, 0.2) is 54.6 Å². The van der Waals surface area contributed by atoms with Gasteiger partial charge in [-0.1, -0.05) is 43.6 Å². The largest absolute Gasteiger partial charge is 0.497 e. The first-order valence-corrected chi connectivity index (χ1v) is 7.35. The Hall–Kier alpha value is -2.06. The molecular formula is C18H18ClNO. The minimum Gasteiger partial charge on any atom is -0.497 e. The van der Waals surface area contributed by atoms with Crippen molar-refractivity contribution in [3.8, 4) is 17.0 Å². The zero-order valence-electron chi connectivity index (χ0n) is 12.4. The lowest BCUT2D eigenvalue weighted by Crippen LogP contribution is -1.87. The summed E-state index contributed by atoms with van der Waals surface area (Å²) in [5, 5.41) is 1.69. The van der Waals surface area contributed by atoms with Gasteiger partial charge in [0, 0.05) is 10.9 Å². The highest BCUT2D eigenvalue weighted by Crippen LogP contribution is 2.28. The molecule has 0 bridgehead atoms. The van der Waals surface area contributed by atoms with E-state index in [9.17, 15) is 0 Å². The lowest BCUT2D eigenvalue weighted by atomic mass is 10.1. The van der Waals surface area contributed by atoms with Gasteiger partial charge >= 0.3 is 0 Å². The van der Waals surface area contributed by atoms with Crippen molar-refractivity contribution in [1.82, 2.24) is 4.98 Å². The maximum atomic E-state index is 6.31. The van der Waals surface area contributed by atoms with Crippen LogP contribution in [-0.2, 0) is 0 Å². The quantitative estimate of drug-likeness (QED) is 0.615. The summed E-state index contributed by atoms with van der Waals surface area (Å²) in [7, 11) is 1.65. The number of nitrogens with zero attached hydrogens (tertiary/aromatic N) is 1. The minimum absolute atomic E-state index is 0.719. The Bertz CT molecular complexity index is 723. The van der Waals surface area contributed by atoms with E-state index in [2.05, 4.69) is 4.98 Å². The first-order valence-electron chi connectivity index (χ1n) is 6.97. The van der Waals surface area contributed by atoms with Crippen LogP contribution in [0.4, 0.5) is 0 Å². The summed E-state index contributed by atoms with van der Waals surface area (Å²) in [5.41, 5.74) is 2.79. The third-order valence-electron chi connectivity index (χ3n) is 3.05. The predicted octanol–water partition coefficient (Wildman–Crippen LogP) is 5.59. The van der Waals surface area contributed by atoms with Gasteiger partial charge in [0.2, 0.25) is 0 Å². The number of hydrogen-bond acceptors (Lipinski definition) is 2. The molecule has 0 N–H and O–H groups in total. The molecule has 0 aliphatic heterocycles. The highest BCUT2D eigenvalue weighted by molar-refractivity contribution is 6.35. The average Bonchev–Trinajstić information content (AvgIpc) is 2.57. The van der Waals surface area contributed by atoms with E-state index in [4.69, 9.17) is 16.3 Å². The zero-order valence-corrected chi connectivity index (χ0v) is 13.2. The van der Waals surface area contributed by atoms with Crippen molar-refractivity contribution in [2.24, 2.45) is 0 Å². The van der Waals surface area contributed by atoms with Crippen molar-refractivity contribution in [3.63, 3.8) is 0 Å². The molecule has 2 aromatic carbocycles. The zero-order chi connectivity index (χ0) is 15.2. The van der Waals surface area contributed by atoms with E-state index in [1.54, 1.807) is 7.11 Å². The molecule has 0 saturated carbocycles. The van der Waals surface area contributed by atoms with Crippen LogP contribution in [-0.4, -0.2) is 12.1 Å². The number of methoxy groups -OCH3 is 1. The van der Waals surface area contributed by atoms with E-state index in [0.29, 0.717) is 0 Å². The number of halogens is 1. The number of fused-ring (bicyclic) bond motifs is 1. The third kappa shape index (κ3) is 3.34. The molecule has 0 radical (unpaired) electrons. The Balaban J connectivity index is 0.000000774. The van der Waals surface area contributed by atoms with E-state index in [1.807, 2.05) is 68.4 Å². The fraction of sp³-hybridized carbons (Fsp3) is 0.167. The van der Waals surface area contributed by atoms with Crippen LogP contribution >= 0.6 is 11.6 Å². The number of aromatic nitrogens is 1. The van der Waals surface area contributed by atoms with Gasteiger partial charge in [0.25, 0.3) is 0 Å². The van der Waals surface area contributed by atoms with E-state index in [-0.39, 0.29) is 0 Å². The van der Waals surface area contributed by atoms with E-state index in [0.717, 1.165) is 32.9 Å². The van der Waals surface area contributed by atoms with Crippen molar-refractivity contribution in [2.45, 2.75) is 13.8 Å². The Morgan fingerprint density at radius 3 is 2.29 bits per heavy atom. The Morgan fingerprint density at radius 1 is 0.952 bits per heavy atom. The first kappa shape index (κ1) is 15.3. The van der Waals surface area contributed by atoms with Gasteiger partial charge in [-0.05, 0) is 36.4 Å². The average molecular weight is 300 g/mol. The summed E-state index contributed by atoms with van der Waals surface area (Å²) in [5.74, 6) is 0.829. The van der Waals surface area contributed by atoms with Crippen molar-refractivity contribution in [2.75, 3.05) is 7.11 Å². The Labute approximate surface area is 130 Å². The summed E-state index contributed by atoms with van der Waals surface area (Å²) in [4.78, 5) is 4.64. The second kappa shape index (κ2) is 7.09. The second-order valence-corrected chi connectivity index (χ2v) is 4.64. The summed E-state index contributed by atoms with van der Waals surface area (Å²) in [6.45, 7) is 4.00. The molecule has 1 heterocycles. The van der Waals surface area contributed by atoms with Crippen LogP contribution in [0.2, 0.25) is 5.02 Å². The fourth-order valence-corrected chi connectivity index (χ4v) is 2.31. The number of hydrogen-bond donors (Lipinski definition) is 0. The van der Waals surface area contributed by atoms with Gasteiger partial charge in [0.05, 0.1) is 23.3 Å². The number of ether oxygens (including phenoxy) is 1. The Kier molecular flexibility index (Phi) is 5.18. The highest BCUT2D eigenvalue weighted by Gasteiger charge is 2.05. The monoisotopic (exact) mass is 299 g/mol. The SMILES string of the molecule is CC.COc1ccc(-c2cc(Cl)c3ccccc3n2)cc1. The molecule has 0 fully saturated rings. The molecule has 3 rings (SSSR count). The highest BCUT2D eigenvalue weighted by atomic mass is 35.5. The standard InChI is InChI=1S/C16H12ClNO.C2H6/c1-19-12-8-6-11(7-9-12)16-10-14(17)13-4-2-3-5-15(13)18-16;1-2/h2-10H,1H3;1-2H3. The summed E-state index contributed by atoms with van der Waals surface area (Å²) >= 11 is 6.31. The first-order chi connectivity index (χ1) is 10.3. The molecule has 1 aromatic heterocycles. The molecule has 0 unspecified atom stereocenters. The van der Waals surface area contributed by atoms with Crippen LogP contribution < -0.4 is 4.74 Å². The molecule has 0 aliphatic rings. The van der Waals surface area contributed by atoms with Crippen molar-refractivity contribution < 1.29 is 4.74 Å². The molecule has 3 aromatic rings. The van der Waals surface area contributed by atoms with Crippen molar-refractivity contribution >= 4 is 22.5 Å². The molecule has 21 heavy (non-hydrogen) atoms. The van der Waals surface area contributed by atoms with Crippen molar-refractivity contribution in [3.05, 3.63) is 59.6 Å². The molecule has 2 nitrogen and oxygen atoms in total. The molecule has 0 spiro atoms. The molecule has 0 atom stereocenters. The maximum Gasteiger partial charge on any atom is 0.118 e. The molecular weight excluding hydrogens is 282 g/mol. The van der Waals surface area contributed by atoms with E-state index < -0.39 is 0 Å². The number of pyridine rings is 1. The smallest absolute Gasteiger partial charge is 0.118 e. The molecule has 0 amide bonds. The Morgan fingerprint density at radius 2 is 1.62 bits per heavy atom. The normalized spacial score (nSPS) is 9.90. The van der Waals surface area contributed by atoms with E-state index in [1.165, 1.54) is 0 Å². The second-order valence-electron chi connectivity index (χ2n) is 4.23. The van der Waals surface area contributed by atoms with Gasteiger partial charge in [-0.15, -0.1) is 0 Å². The molecule has 0 saturated heterocycles. The summed E-state index contributed by atoms with van der Waals surface area (Å²) < 4.78 is 5.15. The van der Waals surface area contributed by atoms with Gasteiger partial charge in [-0.3, -0.25) is 0 Å². The summed E-state index contributed by atoms with van der Waals surface area (Å²) in [6.07, 6.45) is 0. The van der Waals surface area contributed by atoms with Crippen molar-refractivity contribution in [1.29, 1.82) is 0 Å². The fourth-order valence-electron chi connectivity index (χ4n) is 2.04. The lowest BCUT2D eigenvalue weighted by molar-refractivity contribution is 0.415. The van der Waals surface area contributed by atoms with Gasteiger partial charge in [0.15, 0.2) is 0 Å². The predicted molar refractivity (Wildman–Crippen MR) is 90.1 cm³/mol. The topological polar surface area (TPSA) is 22.1 Å². The van der Waals surface area contributed by atoms with Crippen LogP contribution in [0.5, 0.6) is 5.75 Å². The van der Waals surface area contributed by atoms with Crippen LogP contribution in [0.25, 0.3) is 22.2 Å². The third-order valence-corrected chi connectivity index (χ3v) is 3.36. The van der Waals surface area contributed by atoms with Crippen LogP contribution in [0.3, 0.4) is 0 Å². The minimum atomic E-state index is 0.719. The molecule has 108 valence electrons. The van der Waals surface area contributed by atoms with E-state index >= 15 is 0 Å². The lowest BCUT2D eigenvalue weighted by Gasteiger charge is -2.06. The van der Waals surface area contributed by atoms with Crippen LogP contribution in [0.1, 0.15) is 13.8 Å². The number of rotatable bonds is 2.